The number of aromatic nitrogens is 1. The molecule has 1 aromatic heterocycles. The van der Waals surface area contributed by atoms with Crippen LogP contribution < -0.4 is 69.3 Å². The standard InChI is InChI=1S/C31H45NO4.CH2O3.2Na/c1-5-6-18(2)23-9-10-24-22-8-7-21-15-19(11-13-30(21,3)25(22)12-14-31(23,24)4)20-16-26(28(33)34)32-27(17-20)29(35)36;2-1(3)4;;/h16-19,21-25H,5-15H2,1-4H3,(H,33,34)(H,35,36);(H2,2,3,4);;/q;;2*+1/p-2/t18-,19?,21?,22?,23-,24?,25?,30+,31-;;;/m1.../s1. The van der Waals surface area contributed by atoms with Gasteiger partial charge in [0, 0.05) is 0 Å². The number of carboxylic acid groups (broad SMARTS) is 4. The Labute approximate surface area is 294 Å². The Kier molecular flexibility index (Phi) is 13.5. The second-order valence-corrected chi connectivity index (χ2v) is 13.7. The summed E-state index contributed by atoms with van der Waals surface area (Å²) in [6, 6.07) is 3.24. The van der Waals surface area contributed by atoms with Gasteiger partial charge in [0.2, 0.25) is 0 Å². The van der Waals surface area contributed by atoms with Gasteiger partial charge in [-0.2, -0.15) is 0 Å². The number of carboxylic acids is 2. The first-order valence-electron chi connectivity index (χ1n) is 15.2. The number of fused-ring (bicyclic) bond motifs is 5. The Morgan fingerprint density at radius 2 is 1.45 bits per heavy atom. The number of nitrogens with zero attached hydrogens (tertiary/aromatic N) is 1. The van der Waals surface area contributed by atoms with Gasteiger partial charge in [-0.1, -0.05) is 40.5 Å². The van der Waals surface area contributed by atoms with E-state index < -0.39 is 18.1 Å². The number of aromatic carboxylic acids is 2. The van der Waals surface area contributed by atoms with Gasteiger partial charge in [-0.15, -0.1) is 0 Å². The summed E-state index contributed by atoms with van der Waals surface area (Å²) in [4.78, 5) is 35.4. The Morgan fingerprint density at radius 1 is 0.905 bits per heavy atom. The number of carbonyl (C=O) groups excluding carboxylic acids is 1. The van der Waals surface area contributed by atoms with Crippen LogP contribution in [0.3, 0.4) is 0 Å². The molecule has 1 aromatic rings. The third-order valence-electron chi connectivity index (χ3n) is 11.9. The largest absolute Gasteiger partial charge is 1.00 e. The Balaban J connectivity index is 0.000000967. The smallest absolute Gasteiger partial charge is 0.652 e. The molecule has 9 atom stereocenters. The zero-order valence-corrected chi connectivity index (χ0v) is 30.4. The van der Waals surface area contributed by atoms with Gasteiger partial charge in [0.05, 0.1) is 0 Å². The summed E-state index contributed by atoms with van der Waals surface area (Å²) in [6.45, 7) is 10.1. The number of hydrogen-bond donors (Lipinski definition) is 2. The van der Waals surface area contributed by atoms with Crippen LogP contribution in [-0.4, -0.2) is 33.3 Å². The van der Waals surface area contributed by atoms with Crippen molar-refractivity contribution in [3.8, 4) is 0 Å². The molecule has 1 heterocycles. The van der Waals surface area contributed by atoms with Crippen molar-refractivity contribution in [2.24, 2.45) is 46.3 Å². The monoisotopic (exact) mass is 601 g/mol. The zero-order chi connectivity index (χ0) is 29.4. The van der Waals surface area contributed by atoms with Gasteiger partial charge in [0.1, 0.15) is 11.4 Å². The Bertz CT molecular complexity index is 1100. The fraction of sp³-hybridized carbons (Fsp3) is 0.750. The van der Waals surface area contributed by atoms with Crippen molar-refractivity contribution in [1.29, 1.82) is 0 Å². The van der Waals surface area contributed by atoms with E-state index in [1.54, 1.807) is 12.1 Å². The molecular formula is C32H45NNa2O7. The summed E-state index contributed by atoms with van der Waals surface area (Å²) in [6.07, 6.45) is 11.7. The minimum absolute atomic E-state index is 0. The van der Waals surface area contributed by atoms with Gasteiger partial charge in [0.25, 0.3) is 0 Å². The fourth-order valence-corrected chi connectivity index (χ4v) is 10.2. The summed E-state index contributed by atoms with van der Waals surface area (Å²) < 4.78 is 0. The Hall–Kier alpha value is -0.640. The first kappa shape index (κ1) is 37.5. The summed E-state index contributed by atoms with van der Waals surface area (Å²) in [5.41, 5.74) is 1.42. The van der Waals surface area contributed by atoms with Crippen molar-refractivity contribution in [3.05, 3.63) is 29.1 Å². The molecule has 4 aliphatic carbocycles. The average molecular weight is 602 g/mol. The van der Waals surface area contributed by atoms with E-state index in [2.05, 4.69) is 32.7 Å². The van der Waals surface area contributed by atoms with E-state index in [9.17, 15) is 19.8 Å². The maximum atomic E-state index is 11.6. The molecule has 2 N–H and O–H groups in total. The molecule has 4 aliphatic rings. The average Bonchev–Trinajstić information content (AvgIpc) is 3.25. The van der Waals surface area contributed by atoms with Gasteiger partial charge in [-0.3, -0.25) is 0 Å². The molecule has 0 amide bonds. The van der Waals surface area contributed by atoms with Gasteiger partial charge in [0.15, 0.2) is 0 Å². The molecular weight excluding hydrogens is 556 g/mol. The van der Waals surface area contributed by atoms with Crippen molar-refractivity contribution in [3.63, 3.8) is 0 Å². The predicted molar refractivity (Wildman–Crippen MR) is 146 cm³/mol. The first-order valence-corrected chi connectivity index (χ1v) is 15.2. The molecule has 0 radical (unpaired) electrons. The molecule has 5 unspecified atom stereocenters. The minimum atomic E-state index is -2.33. The Morgan fingerprint density at radius 3 is 2.00 bits per heavy atom. The summed E-state index contributed by atoms with van der Waals surface area (Å²) in [7, 11) is 0. The number of pyridine rings is 1. The van der Waals surface area contributed by atoms with E-state index in [1.165, 1.54) is 51.4 Å². The normalized spacial score (nSPS) is 35.3. The zero-order valence-electron chi connectivity index (χ0n) is 26.4. The van der Waals surface area contributed by atoms with Gasteiger partial charge in [-0.05, 0) is 134 Å². The van der Waals surface area contributed by atoms with Crippen LogP contribution in [0.5, 0.6) is 0 Å². The van der Waals surface area contributed by atoms with Crippen LogP contribution >= 0.6 is 0 Å². The second-order valence-electron chi connectivity index (χ2n) is 13.7. The quantitative estimate of drug-likeness (QED) is 0.403. The maximum Gasteiger partial charge on any atom is 1.00 e. The van der Waals surface area contributed by atoms with Crippen LogP contribution in [0.2, 0.25) is 0 Å². The number of hydrogen-bond acceptors (Lipinski definition) is 6. The van der Waals surface area contributed by atoms with Gasteiger partial charge in [-0.25, -0.2) is 14.6 Å². The topological polar surface area (TPSA) is 151 Å². The fourth-order valence-electron chi connectivity index (χ4n) is 10.2. The molecule has 4 fully saturated rings. The maximum absolute atomic E-state index is 11.6. The van der Waals surface area contributed by atoms with Crippen molar-refractivity contribution < 1.29 is 93.9 Å². The van der Waals surface area contributed by atoms with E-state index in [-0.39, 0.29) is 76.4 Å². The van der Waals surface area contributed by atoms with E-state index in [0.29, 0.717) is 16.7 Å². The van der Waals surface area contributed by atoms with Crippen LogP contribution in [0, 0.1) is 46.3 Å². The molecule has 0 aliphatic heterocycles. The summed E-state index contributed by atoms with van der Waals surface area (Å²) in [5, 5.41) is 35.7. The minimum Gasteiger partial charge on any atom is -0.652 e. The molecule has 222 valence electrons. The SMILES string of the molecule is CCC[C@@H](C)[C@H]1CCC2C3CCC4CC(c5cc(C(=O)O)nc(C(=O)O)c5)CC[C@]4(C)C3CC[C@@]21C.O=C([O-])[O-].[Na+].[Na+]. The summed E-state index contributed by atoms with van der Waals surface area (Å²) >= 11 is 0. The van der Waals surface area contributed by atoms with Crippen molar-refractivity contribution in [2.45, 2.75) is 104 Å². The van der Waals surface area contributed by atoms with Crippen LogP contribution in [0.4, 0.5) is 4.79 Å². The molecule has 0 bridgehead atoms. The van der Waals surface area contributed by atoms with Crippen molar-refractivity contribution in [1.82, 2.24) is 4.98 Å². The molecule has 10 heteroatoms. The molecule has 42 heavy (non-hydrogen) atoms. The third kappa shape index (κ3) is 7.42. The third-order valence-corrected chi connectivity index (χ3v) is 11.9. The summed E-state index contributed by atoms with van der Waals surface area (Å²) in [5.74, 6) is 2.82. The van der Waals surface area contributed by atoms with E-state index >= 15 is 0 Å². The molecule has 0 spiro atoms. The van der Waals surface area contributed by atoms with Crippen LogP contribution in [0.1, 0.15) is 131 Å². The van der Waals surface area contributed by atoms with Gasteiger partial charge >= 0.3 is 71.1 Å². The molecule has 5 rings (SSSR count). The molecule has 0 saturated heterocycles. The van der Waals surface area contributed by atoms with Crippen LogP contribution in [0.15, 0.2) is 12.1 Å². The van der Waals surface area contributed by atoms with Crippen molar-refractivity contribution >= 4 is 18.1 Å². The first-order chi connectivity index (χ1) is 18.8. The van der Waals surface area contributed by atoms with Crippen LogP contribution in [-0.2, 0) is 0 Å². The molecule has 4 saturated carbocycles. The predicted octanol–water partition coefficient (Wildman–Crippen LogP) is -0.782. The molecule has 8 nitrogen and oxygen atoms in total. The van der Waals surface area contributed by atoms with E-state index in [1.807, 2.05) is 0 Å². The van der Waals surface area contributed by atoms with Crippen molar-refractivity contribution in [2.75, 3.05) is 0 Å². The van der Waals surface area contributed by atoms with Gasteiger partial charge < -0.3 is 25.2 Å². The second kappa shape index (κ2) is 15.1. The van der Waals surface area contributed by atoms with Crippen LogP contribution in [0.25, 0.3) is 0 Å². The molecule has 0 aromatic carbocycles. The van der Waals surface area contributed by atoms with E-state index in [0.717, 1.165) is 54.4 Å². The number of carbonyl (C=O) groups is 3. The van der Waals surface area contributed by atoms with E-state index in [4.69, 9.17) is 15.0 Å². The number of rotatable bonds is 6.